The lowest BCUT2D eigenvalue weighted by Crippen LogP contribution is -2.35. The lowest BCUT2D eigenvalue weighted by Gasteiger charge is -2.15. The molecule has 0 aliphatic carbocycles. The number of hydrogen-bond donors (Lipinski definition) is 2. The van der Waals surface area contributed by atoms with Crippen LogP contribution in [0.2, 0.25) is 0 Å². The van der Waals surface area contributed by atoms with Crippen LogP contribution in [0.25, 0.3) is 0 Å². The van der Waals surface area contributed by atoms with Gasteiger partial charge >= 0.3 is 0 Å². The highest BCUT2D eigenvalue weighted by Crippen LogP contribution is 2.13. The van der Waals surface area contributed by atoms with E-state index in [4.69, 9.17) is 5.84 Å². The number of nitrogens with two attached hydrogens (primary N) is 1. The van der Waals surface area contributed by atoms with Gasteiger partial charge in [0.15, 0.2) is 0 Å². The molecule has 2 nitrogen and oxygen atoms in total. The average molecular weight is 240 g/mol. The van der Waals surface area contributed by atoms with Crippen LogP contribution in [-0.4, -0.2) is 6.04 Å². The van der Waals surface area contributed by atoms with Crippen molar-refractivity contribution in [3.63, 3.8) is 0 Å². The molecule has 17 heavy (non-hydrogen) atoms. The molecular formula is C15H32N2. The van der Waals surface area contributed by atoms with E-state index < -0.39 is 0 Å². The van der Waals surface area contributed by atoms with Gasteiger partial charge in [-0.25, -0.2) is 0 Å². The minimum Gasteiger partial charge on any atom is -0.271 e. The first-order chi connectivity index (χ1) is 8.20. The fourth-order valence-electron chi connectivity index (χ4n) is 2.08. The van der Waals surface area contributed by atoms with E-state index in [1.807, 2.05) is 0 Å². The van der Waals surface area contributed by atoms with E-state index in [-0.39, 0.29) is 0 Å². The fraction of sp³-hybridized carbons (Fsp3) is 0.867. The predicted octanol–water partition coefficient (Wildman–Crippen LogP) is 4.32. The normalized spacial score (nSPS) is 12.6. The number of hydrogen-bond acceptors (Lipinski definition) is 2. The summed E-state index contributed by atoms with van der Waals surface area (Å²) in [5.41, 5.74) is 4.18. The highest BCUT2D eigenvalue weighted by Gasteiger charge is 2.05. The molecule has 0 spiro atoms. The maximum atomic E-state index is 5.56. The van der Waals surface area contributed by atoms with Crippen LogP contribution in [0.5, 0.6) is 0 Å². The molecule has 0 amide bonds. The van der Waals surface area contributed by atoms with Crippen LogP contribution in [0, 0.1) is 0 Å². The second kappa shape index (κ2) is 12.1. The molecule has 0 saturated heterocycles. The van der Waals surface area contributed by atoms with E-state index >= 15 is 0 Å². The zero-order valence-corrected chi connectivity index (χ0v) is 11.9. The van der Waals surface area contributed by atoms with Crippen molar-refractivity contribution in [3.8, 4) is 0 Å². The summed E-state index contributed by atoms with van der Waals surface area (Å²) in [6.45, 7) is 8.28. The number of hydrazine groups is 1. The third kappa shape index (κ3) is 11.9. The Morgan fingerprint density at radius 3 is 2.18 bits per heavy atom. The lowest BCUT2D eigenvalue weighted by atomic mass is 10.0. The number of rotatable bonds is 12. The van der Waals surface area contributed by atoms with Gasteiger partial charge in [0.1, 0.15) is 0 Å². The summed E-state index contributed by atoms with van der Waals surface area (Å²) >= 11 is 0. The van der Waals surface area contributed by atoms with Gasteiger partial charge in [0, 0.05) is 6.04 Å². The van der Waals surface area contributed by atoms with E-state index in [2.05, 4.69) is 25.9 Å². The predicted molar refractivity (Wildman–Crippen MR) is 77.8 cm³/mol. The lowest BCUT2D eigenvalue weighted by molar-refractivity contribution is 0.437. The van der Waals surface area contributed by atoms with Crippen molar-refractivity contribution in [1.82, 2.24) is 5.43 Å². The molecule has 0 aliphatic heterocycles. The summed E-state index contributed by atoms with van der Waals surface area (Å²) in [6, 6.07) is 0.474. The third-order valence-electron chi connectivity index (χ3n) is 3.31. The highest BCUT2D eigenvalue weighted by molar-refractivity contribution is 4.88. The third-order valence-corrected chi connectivity index (χ3v) is 3.31. The molecule has 0 aliphatic rings. The molecule has 0 fully saturated rings. The molecule has 0 radical (unpaired) electrons. The summed E-state index contributed by atoms with van der Waals surface area (Å²) in [5.74, 6) is 5.56. The average Bonchev–Trinajstić information content (AvgIpc) is 2.31. The Morgan fingerprint density at radius 2 is 1.65 bits per heavy atom. The summed E-state index contributed by atoms with van der Waals surface area (Å²) < 4.78 is 0. The van der Waals surface area contributed by atoms with E-state index in [0.717, 1.165) is 12.8 Å². The Hall–Kier alpha value is -0.340. The zero-order chi connectivity index (χ0) is 12.9. The molecule has 3 N–H and O–H groups in total. The first-order valence-electron chi connectivity index (χ1n) is 7.31. The smallest absolute Gasteiger partial charge is 0.0213 e. The van der Waals surface area contributed by atoms with Crippen molar-refractivity contribution in [2.24, 2.45) is 5.84 Å². The van der Waals surface area contributed by atoms with Gasteiger partial charge in [0.2, 0.25) is 0 Å². The van der Waals surface area contributed by atoms with Crippen LogP contribution in [0.15, 0.2) is 12.2 Å². The second-order valence-electron chi connectivity index (χ2n) is 5.27. The molecule has 2 heteroatoms. The van der Waals surface area contributed by atoms with Gasteiger partial charge in [0.25, 0.3) is 0 Å². The Balaban J connectivity index is 3.34. The first-order valence-corrected chi connectivity index (χ1v) is 7.31. The van der Waals surface area contributed by atoms with Crippen LogP contribution in [0.1, 0.15) is 78.1 Å². The van der Waals surface area contributed by atoms with E-state index in [1.54, 1.807) is 0 Å². The second-order valence-corrected chi connectivity index (χ2v) is 5.27. The minimum atomic E-state index is 0.474. The van der Waals surface area contributed by atoms with Crippen molar-refractivity contribution in [2.75, 3.05) is 0 Å². The summed E-state index contributed by atoms with van der Waals surface area (Å²) in [6.07, 6.45) is 13.0. The van der Waals surface area contributed by atoms with E-state index in [0.29, 0.717) is 6.04 Å². The molecule has 0 bridgehead atoms. The Bertz CT molecular complexity index is 178. The van der Waals surface area contributed by atoms with Crippen molar-refractivity contribution >= 4 is 0 Å². The summed E-state index contributed by atoms with van der Waals surface area (Å²) in [7, 11) is 0. The molecule has 0 rings (SSSR count). The van der Waals surface area contributed by atoms with Gasteiger partial charge < -0.3 is 0 Å². The maximum Gasteiger partial charge on any atom is 0.0213 e. The fourth-order valence-corrected chi connectivity index (χ4v) is 2.08. The van der Waals surface area contributed by atoms with Crippen LogP contribution >= 0.6 is 0 Å². The van der Waals surface area contributed by atoms with E-state index in [1.165, 1.54) is 56.9 Å². The Labute approximate surface area is 108 Å². The SMILES string of the molecule is C=C(C)CCC(CCCCCCCCC)NN. The molecule has 0 aromatic carbocycles. The van der Waals surface area contributed by atoms with Crippen LogP contribution in [-0.2, 0) is 0 Å². The number of nitrogens with one attached hydrogen (secondary N) is 1. The van der Waals surface area contributed by atoms with Gasteiger partial charge in [-0.1, -0.05) is 57.4 Å². The molecular weight excluding hydrogens is 208 g/mol. The van der Waals surface area contributed by atoms with Crippen LogP contribution in [0.3, 0.4) is 0 Å². The zero-order valence-electron chi connectivity index (χ0n) is 11.9. The Morgan fingerprint density at radius 1 is 1.06 bits per heavy atom. The molecule has 0 saturated carbocycles. The molecule has 0 heterocycles. The highest BCUT2D eigenvalue weighted by atomic mass is 15.2. The van der Waals surface area contributed by atoms with Crippen molar-refractivity contribution < 1.29 is 0 Å². The minimum absolute atomic E-state index is 0.474. The van der Waals surface area contributed by atoms with Gasteiger partial charge in [0.05, 0.1) is 0 Å². The monoisotopic (exact) mass is 240 g/mol. The van der Waals surface area contributed by atoms with Gasteiger partial charge in [-0.3, -0.25) is 11.3 Å². The van der Waals surface area contributed by atoms with Gasteiger partial charge in [-0.2, -0.15) is 0 Å². The van der Waals surface area contributed by atoms with E-state index in [9.17, 15) is 0 Å². The van der Waals surface area contributed by atoms with Crippen molar-refractivity contribution in [1.29, 1.82) is 0 Å². The topological polar surface area (TPSA) is 38.0 Å². The summed E-state index contributed by atoms with van der Waals surface area (Å²) in [4.78, 5) is 0. The molecule has 1 unspecified atom stereocenters. The number of unbranched alkanes of at least 4 members (excludes halogenated alkanes) is 6. The van der Waals surface area contributed by atoms with Crippen LogP contribution < -0.4 is 11.3 Å². The van der Waals surface area contributed by atoms with Gasteiger partial charge in [-0.05, 0) is 26.2 Å². The Kier molecular flexibility index (Phi) is 11.9. The van der Waals surface area contributed by atoms with Crippen molar-refractivity contribution in [2.45, 2.75) is 84.1 Å². The van der Waals surface area contributed by atoms with Crippen molar-refractivity contribution in [3.05, 3.63) is 12.2 Å². The first kappa shape index (κ1) is 16.7. The largest absolute Gasteiger partial charge is 0.271 e. The quantitative estimate of drug-likeness (QED) is 0.231. The molecule has 0 aromatic heterocycles. The maximum absolute atomic E-state index is 5.56. The number of allylic oxidation sites excluding steroid dienone is 1. The summed E-state index contributed by atoms with van der Waals surface area (Å²) in [5, 5.41) is 0. The molecule has 1 atom stereocenters. The van der Waals surface area contributed by atoms with Crippen LogP contribution in [0.4, 0.5) is 0 Å². The molecule has 0 aromatic rings. The van der Waals surface area contributed by atoms with Gasteiger partial charge in [-0.15, -0.1) is 6.58 Å². The molecule has 102 valence electrons. The standard InChI is InChI=1S/C15H32N2/c1-4-5-6-7-8-9-10-11-15(17-16)13-12-14(2)3/h15,17H,2,4-13,16H2,1,3H3.